The van der Waals surface area contributed by atoms with Gasteiger partial charge in [0.1, 0.15) is 10.7 Å². The molecule has 1 aliphatic carbocycles. The Morgan fingerprint density at radius 3 is 2.10 bits per heavy atom. The molecule has 0 spiro atoms. The molecule has 0 unspecified atom stereocenters. The standard InChI is InChI=1S/C14H18Br2FNO2S/c1-9(2)18(11-5-3-4-6-11)21(19,20)14-12(15)7-10(17)8-13(14)16/h7-9,11H,3-6H2,1-2H3. The van der Waals surface area contributed by atoms with Crippen LogP contribution in [0.2, 0.25) is 0 Å². The van der Waals surface area contributed by atoms with E-state index in [0.717, 1.165) is 25.7 Å². The second kappa shape index (κ2) is 6.64. The number of sulfonamides is 1. The number of rotatable bonds is 4. The van der Waals surface area contributed by atoms with Crippen molar-refractivity contribution in [2.75, 3.05) is 0 Å². The summed E-state index contributed by atoms with van der Waals surface area (Å²) in [5.41, 5.74) is 0. The summed E-state index contributed by atoms with van der Waals surface area (Å²) in [6, 6.07) is 2.26. The Hall–Kier alpha value is 0.0200. The quantitative estimate of drug-likeness (QED) is 0.678. The molecule has 0 heterocycles. The lowest BCUT2D eigenvalue weighted by Gasteiger charge is -2.32. The van der Waals surface area contributed by atoms with Gasteiger partial charge < -0.3 is 0 Å². The van der Waals surface area contributed by atoms with E-state index in [1.165, 1.54) is 12.1 Å². The second-order valence-electron chi connectivity index (χ2n) is 5.57. The molecule has 21 heavy (non-hydrogen) atoms. The van der Waals surface area contributed by atoms with Gasteiger partial charge in [0.05, 0.1) is 0 Å². The van der Waals surface area contributed by atoms with Gasteiger partial charge in [-0.05, 0) is 70.7 Å². The molecular weight excluding hydrogens is 425 g/mol. The van der Waals surface area contributed by atoms with Crippen molar-refractivity contribution in [3.8, 4) is 0 Å². The maximum atomic E-state index is 13.4. The Balaban J connectivity index is 2.53. The van der Waals surface area contributed by atoms with Gasteiger partial charge in [-0.2, -0.15) is 4.31 Å². The Kier molecular flexibility index (Phi) is 5.50. The van der Waals surface area contributed by atoms with Crippen LogP contribution < -0.4 is 0 Å². The van der Waals surface area contributed by atoms with Crippen molar-refractivity contribution in [3.05, 3.63) is 26.9 Å². The molecular formula is C14H18Br2FNO2S. The lowest BCUT2D eigenvalue weighted by Crippen LogP contribution is -2.43. The lowest BCUT2D eigenvalue weighted by atomic mass is 10.2. The van der Waals surface area contributed by atoms with E-state index in [1.807, 2.05) is 13.8 Å². The molecule has 1 saturated carbocycles. The average molecular weight is 443 g/mol. The largest absolute Gasteiger partial charge is 0.245 e. The molecule has 2 rings (SSSR count). The maximum absolute atomic E-state index is 13.4. The molecule has 0 radical (unpaired) electrons. The van der Waals surface area contributed by atoms with Gasteiger partial charge in [-0.3, -0.25) is 0 Å². The number of hydrogen-bond acceptors (Lipinski definition) is 2. The third kappa shape index (κ3) is 3.51. The van der Waals surface area contributed by atoms with Crippen molar-refractivity contribution in [1.82, 2.24) is 4.31 Å². The van der Waals surface area contributed by atoms with Gasteiger partial charge in [0.2, 0.25) is 10.0 Å². The number of nitrogens with zero attached hydrogens (tertiary/aromatic N) is 1. The number of halogens is 3. The summed E-state index contributed by atoms with van der Waals surface area (Å²) in [6.45, 7) is 3.75. The first kappa shape index (κ1) is 17.4. The Bertz CT molecular complexity index is 605. The lowest BCUT2D eigenvalue weighted by molar-refractivity contribution is 0.275. The van der Waals surface area contributed by atoms with Crippen molar-refractivity contribution in [2.24, 2.45) is 0 Å². The van der Waals surface area contributed by atoms with Crippen LogP contribution in [0.5, 0.6) is 0 Å². The van der Waals surface area contributed by atoms with Gasteiger partial charge >= 0.3 is 0 Å². The normalized spacial score (nSPS) is 17.1. The fourth-order valence-corrected chi connectivity index (χ4v) is 7.27. The summed E-state index contributed by atoms with van der Waals surface area (Å²) in [4.78, 5) is 0.101. The molecule has 0 bridgehead atoms. The SMILES string of the molecule is CC(C)N(C1CCCC1)S(=O)(=O)c1c(Br)cc(F)cc1Br. The first-order valence-corrected chi connectivity index (χ1v) is 9.96. The zero-order chi connectivity index (χ0) is 15.8. The van der Waals surface area contributed by atoms with E-state index in [4.69, 9.17) is 0 Å². The Morgan fingerprint density at radius 2 is 1.67 bits per heavy atom. The summed E-state index contributed by atoms with van der Waals surface area (Å²) in [6.07, 6.45) is 3.87. The Labute approximate surface area is 142 Å². The molecule has 1 aliphatic rings. The summed E-state index contributed by atoms with van der Waals surface area (Å²) in [7, 11) is -3.69. The van der Waals surface area contributed by atoms with Crippen molar-refractivity contribution in [2.45, 2.75) is 56.5 Å². The maximum Gasteiger partial charge on any atom is 0.245 e. The smallest absolute Gasteiger partial charge is 0.207 e. The van der Waals surface area contributed by atoms with Crippen molar-refractivity contribution >= 4 is 41.9 Å². The summed E-state index contributed by atoms with van der Waals surface area (Å²) in [5, 5.41) is 0. The molecule has 0 N–H and O–H groups in total. The summed E-state index contributed by atoms with van der Waals surface area (Å²) < 4.78 is 41.6. The zero-order valence-corrected chi connectivity index (χ0v) is 15.9. The molecule has 0 saturated heterocycles. The van der Waals surface area contributed by atoms with Crippen LogP contribution in [0.1, 0.15) is 39.5 Å². The van der Waals surface area contributed by atoms with E-state index in [-0.39, 0.29) is 25.9 Å². The second-order valence-corrected chi connectivity index (χ2v) is 9.05. The van der Waals surface area contributed by atoms with Gasteiger partial charge in [0.25, 0.3) is 0 Å². The van der Waals surface area contributed by atoms with Crippen molar-refractivity contribution in [3.63, 3.8) is 0 Å². The fraction of sp³-hybridized carbons (Fsp3) is 0.571. The topological polar surface area (TPSA) is 37.4 Å². The predicted octanol–water partition coefficient (Wildman–Crippen LogP) is 4.69. The first-order valence-electron chi connectivity index (χ1n) is 6.93. The molecule has 118 valence electrons. The molecule has 0 amide bonds. The molecule has 1 aromatic carbocycles. The summed E-state index contributed by atoms with van der Waals surface area (Å²) in [5.74, 6) is -0.482. The van der Waals surface area contributed by atoms with Gasteiger partial charge in [-0.25, -0.2) is 12.8 Å². The van der Waals surface area contributed by atoms with E-state index in [0.29, 0.717) is 0 Å². The van der Waals surface area contributed by atoms with Gasteiger partial charge in [0, 0.05) is 21.0 Å². The minimum atomic E-state index is -3.69. The summed E-state index contributed by atoms with van der Waals surface area (Å²) >= 11 is 6.37. The van der Waals surface area contributed by atoms with Crippen LogP contribution in [0, 0.1) is 5.82 Å². The molecule has 1 aromatic rings. The molecule has 0 aliphatic heterocycles. The van der Waals surface area contributed by atoms with Crippen LogP contribution in [0.4, 0.5) is 4.39 Å². The number of hydrogen-bond donors (Lipinski definition) is 0. The van der Waals surface area contributed by atoms with Crippen LogP contribution >= 0.6 is 31.9 Å². The van der Waals surface area contributed by atoms with Crippen molar-refractivity contribution in [1.29, 1.82) is 0 Å². The van der Waals surface area contributed by atoms with E-state index in [1.54, 1.807) is 4.31 Å². The minimum absolute atomic E-state index is 0.0267. The van der Waals surface area contributed by atoms with Crippen molar-refractivity contribution < 1.29 is 12.8 Å². The van der Waals surface area contributed by atoms with E-state index >= 15 is 0 Å². The highest BCUT2D eigenvalue weighted by Crippen LogP contribution is 2.37. The van der Waals surface area contributed by atoms with E-state index in [2.05, 4.69) is 31.9 Å². The predicted molar refractivity (Wildman–Crippen MR) is 88.2 cm³/mol. The van der Waals surface area contributed by atoms with Crippen LogP contribution in [-0.4, -0.2) is 24.8 Å². The molecule has 3 nitrogen and oxygen atoms in total. The molecule has 0 aromatic heterocycles. The number of benzene rings is 1. The minimum Gasteiger partial charge on any atom is -0.207 e. The monoisotopic (exact) mass is 441 g/mol. The van der Waals surface area contributed by atoms with Gasteiger partial charge in [-0.15, -0.1) is 0 Å². The highest BCUT2D eigenvalue weighted by atomic mass is 79.9. The van der Waals surface area contributed by atoms with E-state index in [9.17, 15) is 12.8 Å². The van der Waals surface area contributed by atoms with Crippen LogP contribution in [0.25, 0.3) is 0 Å². The molecule has 7 heteroatoms. The molecule has 1 fully saturated rings. The van der Waals surface area contributed by atoms with Gasteiger partial charge in [0.15, 0.2) is 0 Å². The highest BCUT2D eigenvalue weighted by Gasteiger charge is 2.37. The van der Waals surface area contributed by atoms with Gasteiger partial charge in [-0.1, -0.05) is 12.8 Å². The fourth-order valence-electron chi connectivity index (χ4n) is 2.93. The third-order valence-corrected chi connectivity index (χ3v) is 7.70. The highest BCUT2D eigenvalue weighted by molar-refractivity contribution is 9.11. The zero-order valence-electron chi connectivity index (χ0n) is 11.9. The third-order valence-electron chi connectivity index (χ3n) is 3.69. The Morgan fingerprint density at radius 1 is 1.19 bits per heavy atom. The van der Waals surface area contributed by atoms with Crippen LogP contribution in [0.3, 0.4) is 0 Å². The average Bonchev–Trinajstić information content (AvgIpc) is 2.78. The van der Waals surface area contributed by atoms with E-state index < -0.39 is 15.8 Å². The molecule has 0 atom stereocenters. The van der Waals surface area contributed by atoms with Crippen LogP contribution in [0.15, 0.2) is 26.0 Å². The van der Waals surface area contributed by atoms with Crippen LogP contribution in [-0.2, 0) is 10.0 Å². The first-order chi connectivity index (χ1) is 9.75.